The molecule has 1 N–H and O–H groups in total. The van der Waals surface area contributed by atoms with Crippen LogP contribution in [0.25, 0.3) is 11.3 Å². The van der Waals surface area contributed by atoms with Gasteiger partial charge in [0.2, 0.25) is 0 Å². The van der Waals surface area contributed by atoms with Crippen LogP contribution in [0, 0.1) is 13.8 Å². The van der Waals surface area contributed by atoms with Crippen molar-refractivity contribution in [2.45, 2.75) is 46.7 Å². The van der Waals surface area contributed by atoms with Crippen molar-refractivity contribution in [3.63, 3.8) is 0 Å². The summed E-state index contributed by atoms with van der Waals surface area (Å²) in [7, 11) is 1.85. The Labute approximate surface area is 132 Å². The zero-order valence-corrected chi connectivity index (χ0v) is 13.9. The van der Waals surface area contributed by atoms with Gasteiger partial charge in [0.05, 0.1) is 5.69 Å². The molecule has 0 amide bonds. The van der Waals surface area contributed by atoms with E-state index in [1.165, 1.54) is 11.1 Å². The number of nitrogens with zero attached hydrogens (tertiary/aromatic N) is 2. The van der Waals surface area contributed by atoms with Gasteiger partial charge in [-0.25, -0.2) is 4.68 Å². The van der Waals surface area contributed by atoms with E-state index in [2.05, 4.69) is 49.4 Å². The summed E-state index contributed by atoms with van der Waals surface area (Å²) in [6.45, 7) is 7.55. The van der Waals surface area contributed by atoms with Gasteiger partial charge < -0.3 is 5.32 Å². The fourth-order valence-corrected chi connectivity index (χ4v) is 2.42. The molecule has 1 aromatic heterocycles. The first kappa shape index (κ1) is 16.4. The molecular weight excluding hydrogens is 274 g/mol. The van der Waals surface area contributed by atoms with Crippen LogP contribution in [-0.2, 0) is 13.1 Å². The number of nitrogens with one attached hydrogen (secondary N) is 1. The molecule has 4 nitrogen and oxygen atoms in total. The zero-order valence-electron chi connectivity index (χ0n) is 13.9. The molecular formula is C18H25N3O. The molecule has 4 heteroatoms. The van der Waals surface area contributed by atoms with Crippen molar-refractivity contribution in [1.82, 2.24) is 15.1 Å². The normalized spacial score (nSPS) is 10.9. The summed E-state index contributed by atoms with van der Waals surface area (Å²) in [4.78, 5) is 12.4. The van der Waals surface area contributed by atoms with Gasteiger partial charge >= 0.3 is 0 Å². The Morgan fingerprint density at radius 3 is 2.59 bits per heavy atom. The van der Waals surface area contributed by atoms with Crippen LogP contribution in [0.4, 0.5) is 0 Å². The number of benzene rings is 1. The highest BCUT2D eigenvalue weighted by molar-refractivity contribution is 5.61. The van der Waals surface area contributed by atoms with Gasteiger partial charge in [0.15, 0.2) is 0 Å². The van der Waals surface area contributed by atoms with E-state index in [-0.39, 0.29) is 5.56 Å². The summed E-state index contributed by atoms with van der Waals surface area (Å²) in [5.74, 6) is 0. The minimum absolute atomic E-state index is 0.00961. The van der Waals surface area contributed by atoms with Gasteiger partial charge in [0.25, 0.3) is 5.56 Å². The lowest BCUT2D eigenvalue weighted by molar-refractivity contribution is 0.538. The Morgan fingerprint density at radius 2 is 1.95 bits per heavy atom. The molecule has 0 saturated carbocycles. The summed E-state index contributed by atoms with van der Waals surface area (Å²) in [6.07, 6.45) is 2.01. The van der Waals surface area contributed by atoms with Crippen LogP contribution in [0.3, 0.4) is 0 Å². The van der Waals surface area contributed by atoms with Crippen LogP contribution in [0.15, 0.2) is 29.1 Å². The molecule has 1 aromatic carbocycles. The van der Waals surface area contributed by atoms with E-state index in [9.17, 15) is 4.79 Å². The Kier molecular flexibility index (Phi) is 5.50. The SMILES string of the molecule is CCCCn1nc(-c2ccc(C)c(C)c2)cc(CNC)c1=O. The van der Waals surface area contributed by atoms with E-state index in [0.29, 0.717) is 13.1 Å². The minimum Gasteiger partial charge on any atom is -0.315 e. The number of unbranched alkanes of at least 4 members (excludes halogenated alkanes) is 1. The van der Waals surface area contributed by atoms with E-state index >= 15 is 0 Å². The quantitative estimate of drug-likeness (QED) is 0.892. The third kappa shape index (κ3) is 3.63. The van der Waals surface area contributed by atoms with Gasteiger partial charge in [-0.2, -0.15) is 5.10 Å². The number of hydrogen-bond acceptors (Lipinski definition) is 3. The third-order valence-electron chi connectivity index (χ3n) is 3.94. The fourth-order valence-electron chi connectivity index (χ4n) is 2.42. The van der Waals surface area contributed by atoms with Crippen LogP contribution in [0.5, 0.6) is 0 Å². The lowest BCUT2D eigenvalue weighted by atomic mass is 10.0. The predicted octanol–water partition coefficient (Wildman–Crippen LogP) is 3.05. The first-order valence-corrected chi connectivity index (χ1v) is 7.90. The summed E-state index contributed by atoms with van der Waals surface area (Å²) in [5.41, 5.74) is 5.20. The Balaban J connectivity index is 2.52. The largest absolute Gasteiger partial charge is 0.315 e. The molecule has 0 atom stereocenters. The standard InChI is InChI=1S/C18H25N3O/c1-5-6-9-21-18(22)16(12-19-4)11-17(20-21)15-8-7-13(2)14(3)10-15/h7-8,10-11,19H,5-6,9,12H2,1-4H3. The first-order chi connectivity index (χ1) is 10.6. The lowest BCUT2D eigenvalue weighted by Gasteiger charge is -2.11. The van der Waals surface area contributed by atoms with Gasteiger partial charge in [-0.05, 0) is 50.6 Å². The van der Waals surface area contributed by atoms with Gasteiger partial charge in [0, 0.05) is 24.2 Å². The summed E-state index contributed by atoms with van der Waals surface area (Å²) >= 11 is 0. The smallest absolute Gasteiger partial charge is 0.271 e. The first-order valence-electron chi connectivity index (χ1n) is 7.90. The van der Waals surface area contributed by atoms with Crippen LogP contribution in [-0.4, -0.2) is 16.8 Å². The highest BCUT2D eigenvalue weighted by Gasteiger charge is 2.10. The second-order valence-electron chi connectivity index (χ2n) is 5.77. The molecule has 0 saturated heterocycles. The van der Waals surface area contributed by atoms with E-state index < -0.39 is 0 Å². The Hall–Kier alpha value is -1.94. The van der Waals surface area contributed by atoms with Gasteiger partial charge in [-0.1, -0.05) is 25.5 Å². The van der Waals surface area contributed by atoms with E-state index in [1.807, 2.05) is 13.1 Å². The zero-order chi connectivity index (χ0) is 16.1. The van der Waals surface area contributed by atoms with Gasteiger partial charge in [0.1, 0.15) is 0 Å². The van der Waals surface area contributed by atoms with Crippen LogP contribution in [0.2, 0.25) is 0 Å². The number of rotatable bonds is 6. The van der Waals surface area contributed by atoms with Crippen molar-refractivity contribution in [2.24, 2.45) is 0 Å². The molecule has 0 spiro atoms. The topological polar surface area (TPSA) is 46.9 Å². The summed E-state index contributed by atoms with van der Waals surface area (Å²) in [6, 6.07) is 8.22. The maximum absolute atomic E-state index is 12.4. The maximum atomic E-state index is 12.4. The summed E-state index contributed by atoms with van der Waals surface area (Å²) in [5, 5.41) is 7.64. The molecule has 0 unspecified atom stereocenters. The highest BCUT2D eigenvalue weighted by atomic mass is 16.1. The third-order valence-corrected chi connectivity index (χ3v) is 3.94. The number of aromatic nitrogens is 2. The Bertz CT molecular complexity index is 704. The molecule has 0 fully saturated rings. The molecule has 2 aromatic rings. The van der Waals surface area contributed by atoms with E-state index in [4.69, 9.17) is 0 Å². The van der Waals surface area contributed by atoms with Crippen LogP contribution < -0.4 is 10.9 Å². The van der Waals surface area contributed by atoms with Gasteiger partial charge in [-0.15, -0.1) is 0 Å². The summed E-state index contributed by atoms with van der Waals surface area (Å²) < 4.78 is 1.61. The predicted molar refractivity (Wildman–Crippen MR) is 91.1 cm³/mol. The Morgan fingerprint density at radius 1 is 1.18 bits per heavy atom. The minimum atomic E-state index is 0.00961. The van der Waals surface area contributed by atoms with Crippen molar-refractivity contribution < 1.29 is 0 Å². The molecule has 2 rings (SSSR count). The number of aryl methyl sites for hydroxylation is 3. The molecule has 22 heavy (non-hydrogen) atoms. The molecule has 1 heterocycles. The van der Waals surface area contributed by atoms with E-state index in [0.717, 1.165) is 29.7 Å². The second kappa shape index (κ2) is 7.36. The fraction of sp³-hybridized carbons (Fsp3) is 0.444. The molecule has 0 aliphatic carbocycles. The van der Waals surface area contributed by atoms with Crippen molar-refractivity contribution in [1.29, 1.82) is 0 Å². The second-order valence-corrected chi connectivity index (χ2v) is 5.77. The highest BCUT2D eigenvalue weighted by Crippen LogP contribution is 2.20. The maximum Gasteiger partial charge on any atom is 0.271 e. The van der Waals surface area contributed by atoms with Crippen molar-refractivity contribution >= 4 is 0 Å². The van der Waals surface area contributed by atoms with Crippen LogP contribution in [0.1, 0.15) is 36.5 Å². The van der Waals surface area contributed by atoms with Crippen LogP contribution >= 0.6 is 0 Å². The number of hydrogen-bond donors (Lipinski definition) is 1. The van der Waals surface area contributed by atoms with Crippen molar-refractivity contribution in [3.8, 4) is 11.3 Å². The van der Waals surface area contributed by atoms with Crippen molar-refractivity contribution in [2.75, 3.05) is 7.05 Å². The average molecular weight is 299 g/mol. The molecule has 0 bridgehead atoms. The van der Waals surface area contributed by atoms with Gasteiger partial charge in [-0.3, -0.25) is 4.79 Å². The molecule has 118 valence electrons. The molecule has 0 aliphatic rings. The molecule has 0 radical (unpaired) electrons. The van der Waals surface area contributed by atoms with E-state index in [1.54, 1.807) is 4.68 Å². The lowest BCUT2D eigenvalue weighted by Crippen LogP contribution is -2.28. The average Bonchev–Trinajstić information content (AvgIpc) is 2.51. The van der Waals surface area contributed by atoms with Crippen molar-refractivity contribution in [3.05, 3.63) is 51.3 Å². The molecule has 0 aliphatic heterocycles. The monoisotopic (exact) mass is 299 g/mol.